The van der Waals surface area contributed by atoms with Crippen molar-refractivity contribution in [2.45, 2.75) is 0 Å². The molecule has 0 saturated carbocycles. The molecule has 0 aromatic heterocycles. The van der Waals surface area contributed by atoms with Crippen LogP contribution in [-0.4, -0.2) is 21.7 Å². The number of aliphatic imine (C=N–C) groups is 2. The second-order valence-corrected chi connectivity index (χ2v) is 3.80. The minimum absolute atomic E-state index is 0.205. The minimum Gasteiger partial charge on any atom is -0.368 e. The number of hydrogen-bond acceptors (Lipinski definition) is 5. The first-order valence-corrected chi connectivity index (χ1v) is 5.11. The highest BCUT2D eigenvalue weighted by molar-refractivity contribution is 8.38. The molecule has 0 aliphatic carbocycles. The van der Waals surface area contributed by atoms with Crippen LogP contribution in [0.2, 0.25) is 0 Å². The van der Waals surface area contributed by atoms with Gasteiger partial charge in [0, 0.05) is 11.9 Å². The maximum atomic E-state index is 5.40. The minimum atomic E-state index is 0.205. The highest BCUT2D eigenvalue weighted by Gasteiger charge is 2.06. The number of guanidine groups is 1. The maximum absolute atomic E-state index is 5.40. The zero-order valence-corrected chi connectivity index (χ0v) is 8.15. The number of nitrogens with one attached hydrogen (secondary N) is 1. The van der Waals surface area contributed by atoms with Crippen LogP contribution in [0.1, 0.15) is 0 Å². The third-order valence-electron chi connectivity index (χ3n) is 0.822. The van der Waals surface area contributed by atoms with E-state index < -0.39 is 0 Å². The molecule has 0 bridgehead atoms. The van der Waals surface area contributed by atoms with Gasteiger partial charge in [0.25, 0.3) is 0 Å². The molecule has 0 saturated heterocycles. The van der Waals surface area contributed by atoms with Gasteiger partial charge in [-0.3, -0.25) is 4.72 Å². The Morgan fingerprint density at radius 3 is 3.00 bits per heavy atom. The average Bonchev–Trinajstić information content (AvgIpc) is 2.11. The molecule has 60 valence electrons. The lowest BCUT2D eigenvalue weighted by molar-refractivity contribution is 1.45. The molecule has 0 radical (unpaired) electrons. The third-order valence-corrected chi connectivity index (χ3v) is 2.90. The van der Waals surface area contributed by atoms with Gasteiger partial charge in [0.15, 0.2) is 4.38 Å². The first kappa shape index (κ1) is 8.82. The zero-order valence-electron chi connectivity index (χ0n) is 5.70. The average molecular weight is 206 g/mol. The standard InChI is InChI=1S/C4H6N4S3/c1-10-4-7-2(5)6-3(9)8-11-4/h1H3,(H3,5,6,8,9). The van der Waals surface area contributed by atoms with Gasteiger partial charge in [-0.1, -0.05) is 0 Å². The highest BCUT2D eigenvalue weighted by atomic mass is 32.2. The van der Waals surface area contributed by atoms with Gasteiger partial charge in [0.2, 0.25) is 11.1 Å². The van der Waals surface area contributed by atoms with Gasteiger partial charge >= 0.3 is 0 Å². The van der Waals surface area contributed by atoms with Crippen molar-refractivity contribution in [3.05, 3.63) is 0 Å². The lowest BCUT2D eigenvalue weighted by Gasteiger charge is -1.97. The molecule has 1 aliphatic heterocycles. The fourth-order valence-electron chi connectivity index (χ4n) is 0.443. The Labute approximate surface area is 78.2 Å². The summed E-state index contributed by atoms with van der Waals surface area (Å²) in [5, 5.41) is 0.361. The van der Waals surface area contributed by atoms with Crippen molar-refractivity contribution in [3.63, 3.8) is 0 Å². The molecular formula is C4H6N4S3. The topological polar surface area (TPSA) is 62.8 Å². The molecule has 11 heavy (non-hydrogen) atoms. The van der Waals surface area contributed by atoms with E-state index in [9.17, 15) is 0 Å². The van der Waals surface area contributed by atoms with Crippen molar-refractivity contribution in [2.24, 2.45) is 15.7 Å². The number of rotatable bonds is 0. The van der Waals surface area contributed by atoms with Gasteiger partial charge < -0.3 is 5.73 Å². The van der Waals surface area contributed by atoms with Crippen molar-refractivity contribution < 1.29 is 0 Å². The van der Waals surface area contributed by atoms with Crippen LogP contribution in [0.3, 0.4) is 0 Å². The van der Waals surface area contributed by atoms with Gasteiger partial charge in [-0.25, -0.2) is 0 Å². The predicted octanol–water partition coefficient (Wildman–Crippen LogP) is 0.556. The molecule has 0 unspecified atom stereocenters. The van der Waals surface area contributed by atoms with Crippen LogP contribution in [0.25, 0.3) is 0 Å². The fourth-order valence-corrected chi connectivity index (χ4v) is 1.66. The number of nitrogens with zero attached hydrogens (tertiary/aromatic N) is 2. The first-order valence-electron chi connectivity index (χ1n) is 2.66. The second kappa shape index (κ2) is 3.93. The normalized spacial score (nSPS) is 18.1. The van der Waals surface area contributed by atoms with Crippen molar-refractivity contribution in [2.75, 3.05) is 6.26 Å². The van der Waals surface area contributed by atoms with Crippen molar-refractivity contribution >= 4 is 51.4 Å². The van der Waals surface area contributed by atoms with Crippen molar-refractivity contribution in [3.8, 4) is 0 Å². The van der Waals surface area contributed by atoms with Crippen LogP contribution in [-0.2, 0) is 0 Å². The second-order valence-electron chi connectivity index (χ2n) is 1.56. The van der Waals surface area contributed by atoms with Crippen LogP contribution >= 0.6 is 35.9 Å². The lowest BCUT2D eigenvalue weighted by Crippen LogP contribution is -2.13. The van der Waals surface area contributed by atoms with Crippen molar-refractivity contribution in [1.82, 2.24) is 4.72 Å². The largest absolute Gasteiger partial charge is 0.368 e. The lowest BCUT2D eigenvalue weighted by atomic mass is 11.0. The van der Waals surface area contributed by atoms with Crippen LogP contribution in [0.5, 0.6) is 0 Å². The molecule has 0 aromatic carbocycles. The molecule has 1 rings (SSSR count). The van der Waals surface area contributed by atoms with Crippen LogP contribution in [0, 0.1) is 0 Å². The van der Waals surface area contributed by atoms with Gasteiger partial charge in [0.05, 0.1) is 0 Å². The molecule has 3 N–H and O–H groups in total. The Morgan fingerprint density at radius 2 is 2.36 bits per heavy atom. The fraction of sp³-hybridized carbons (Fsp3) is 0.250. The zero-order chi connectivity index (χ0) is 8.27. The van der Waals surface area contributed by atoms with Gasteiger partial charge in [0.1, 0.15) is 0 Å². The van der Waals surface area contributed by atoms with E-state index in [1.54, 1.807) is 0 Å². The van der Waals surface area contributed by atoms with Crippen LogP contribution in [0.4, 0.5) is 0 Å². The van der Waals surface area contributed by atoms with Crippen molar-refractivity contribution in [1.29, 1.82) is 0 Å². The molecule has 7 heteroatoms. The number of thioether (sulfide) groups is 1. The van der Waals surface area contributed by atoms with Gasteiger partial charge in [-0.2, -0.15) is 9.98 Å². The monoisotopic (exact) mass is 206 g/mol. The Balaban J connectivity index is 2.78. The summed E-state index contributed by atoms with van der Waals surface area (Å²) >= 11 is 7.61. The summed E-state index contributed by atoms with van der Waals surface area (Å²) in [6.07, 6.45) is 1.91. The maximum Gasteiger partial charge on any atom is 0.224 e. The summed E-state index contributed by atoms with van der Waals surface area (Å²) in [5.74, 6) is 0.205. The van der Waals surface area contributed by atoms with E-state index in [0.717, 1.165) is 4.38 Å². The molecule has 1 heterocycles. The quantitative estimate of drug-likeness (QED) is 0.448. The SMILES string of the molecule is CSC1=NC(N)=NC(=S)NS1. The predicted molar refractivity (Wildman–Crippen MR) is 55.9 cm³/mol. The molecule has 0 fully saturated rings. The summed E-state index contributed by atoms with van der Waals surface area (Å²) in [7, 11) is 0. The van der Waals surface area contributed by atoms with Crippen LogP contribution in [0.15, 0.2) is 9.98 Å². The van der Waals surface area contributed by atoms with E-state index in [1.807, 2.05) is 6.26 Å². The van der Waals surface area contributed by atoms with Gasteiger partial charge in [-0.05, 0) is 18.5 Å². The van der Waals surface area contributed by atoms with E-state index in [-0.39, 0.29) is 5.96 Å². The number of thiocarbonyl (C=S) groups is 1. The van der Waals surface area contributed by atoms with Crippen LogP contribution < -0.4 is 10.5 Å². The van der Waals surface area contributed by atoms with E-state index in [1.165, 1.54) is 23.7 Å². The number of nitrogens with two attached hydrogens (primary N) is 1. The highest BCUT2D eigenvalue weighted by Crippen LogP contribution is 2.12. The van der Waals surface area contributed by atoms with E-state index in [4.69, 9.17) is 18.0 Å². The molecule has 0 amide bonds. The van der Waals surface area contributed by atoms with E-state index in [2.05, 4.69) is 14.7 Å². The Kier molecular flexibility index (Phi) is 3.16. The molecule has 0 spiro atoms. The molecule has 0 atom stereocenters. The number of hydrogen-bond donors (Lipinski definition) is 2. The summed E-state index contributed by atoms with van der Waals surface area (Å²) in [4.78, 5) is 7.73. The van der Waals surface area contributed by atoms with Gasteiger partial charge in [-0.15, -0.1) is 11.8 Å². The molecule has 0 aromatic rings. The first-order chi connectivity index (χ1) is 5.22. The third kappa shape index (κ3) is 2.68. The summed E-state index contributed by atoms with van der Waals surface area (Å²) in [5.41, 5.74) is 5.40. The molecule has 4 nitrogen and oxygen atoms in total. The Morgan fingerprint density at radius 1 is 1.64 bits per heavy atom. The summed E-state index contributed by atoms with van der Waals surface area (Å²) in [6, 6.07) is 0. The molecule has 1 aliphatic rings. The molecular weight excluding hydrogens is 200 g/mol. The Hall–Kier alpha value is -0.270. The summed E-state index contributed by atoms with van der Waals surface area (Å²) < 4.78 is 3.62. The smallest absolute Gasteiger partial charge is 0.224 e. The van der Waals surface area contributed by atoms with E-state index >= 15 is 0 Å². The summed E-state index contributed by atoms with van der Waals surface area (Å²) in [6.45, 7) is 0. The van der Waals surface area contributed by atoms with E-state index in [0.29, 0.717) is 5.11 Å². The Bertz CT molecular complexity index is 233.